The second-order valence-corrected chi connectivity index (χ2v) is 6.43. The molecule has 0 radical (unpaired) electrons. The third-order valence-electron chi connectivity index (χ3n) is 4.56. The average molecular weight is 285 g/mol. The second-order valence-electron chi connectivity index (χ2n) is 6.43. The van der Waals surface area contributed by atoms with Crippen LogP contribution in [-0.2, 0) is 9.47 Å². The van der Waals surface area contributed by atoms with Gasteiger partial charge in [-0.05, 0) is 38.0 Å². The molecular formula is C16H31NO3. The molecule has 0 aromatic carbocycles. The first-order valence-corrected chi connectivity index (χ1v) is 8.37. The molecule has 1 aliphatic carbocycles. The van der Waals surface area contributed by atoms with Crippen molar-refractivity contribution in [2.24, 2.45) is 5.92 Å². The van der Waals surface area contributed by atoms with Crippen LogP contribution in [0.25, 0.3) is 0 Å². The van der Waals surface area contributed by atoms with Crippen molar-refractivity contribution < 1.29 is 14.6 Å². The summed E-state index contributed by atoms with van der Waals surface area (Å²) in [6.45, 7) is 5.04. The lowest BCUT2D eigenvalue weighted by atomic mass is 9.88. The van der Waals surface area contributed by atoms with Crippen molar-refractivity contribution in [1.82, 2.24) is 5.32 Å². The van der Waals surface area contributed by atoms with Crippen LogP contribution in [0.5, 0.6) is 0 Å². The minimum absolute atomic E-state index is 0.329. The van der Waals surface area contributed by atoms with Crippen LogP contribution < -0.4 is 5.32 Å². The van der Waals surface area contributed by atoms with Crippen LogP contribution >= 0.6 is 0 Å². The Hall–Kier alpha value is -0.160. The van der Waals surface area contributed by atoms with Crippen molar-refractivity contribution in [2.75, 3.05) is 26.3 Å². The molecule has 0 amide bonds. The molecule has 1 heterocycles. The molecule has 0 aromatic rings. The summed E-state index contributed by atoms with van der Waals surface area (Å²) in [5.41, 5.74) is 0. The maximum Gasteiger partial charge on any atom is 0.0897 e. The molecule has 2 rings (SSSR count). The van der Waals surface area contributed by atoms with Crippen LogP contribution in [-0.4, -0.2) is 49.7 Å². The van der Waals surface area contributed by atoms with Crippen LogP contribution in [0.2, 0.25) is 0 Å². The van der Waals surface area contributed by atoms with Gasteiger partial charge in [0.05, 0.1) is 24.9 Å². The fraction of sp³-hybridized carbons (Fsp3) is 1.00. The van der Waals surface area contributed by atoms with E-state index in [0.29, 0.717) is 31.3 Å². The Morgan fingerprint density at radius 3 is 2.75 bits per heavy atom. The van der Waals surface area contributed by atoms with Gasteiger partial charge in [0.1, 0.15) is 0 Å². The van der Waals surface area contributed by atoms with Gasteiger partial charge in [0, 0.05) is 19.7 Å². The predicted molar refractivity (Wildman–Crippen MR) is 79.8 cm³/mol. The lowest BCUT2D eigenvalue weighted by Gasteiger charge is -2.29. The SMILES string of the molecule is CC1CCCCC1OCC(O)CNCC1CCCCO1. The maximum absolute atomic E-state index is 9.97. The smallest absolute Gasteiger partial charge is 0.0897 e. The van der Waals surface area contributed by atoms with Crippen LogP contribution in [0.15, 0.2) is 0 Å². The highest BCUT2D eigenvalue weighted by Crippen LogP contribution is 2.26. The zero-order valence-corrected chi connectivity index (χ0v) is 12.9. The Labute approximate surface area is 123 Å². The van der Waals surface area contributed by atoms with Crippen molar-refractivity contribution in [3.8, 4) is 0 Å². The molecule has 2 fully saturated rings. The lowest BCUT2D eigenvalue weighted by Crippen LogP contribution is -2.38. The number of rotatable bonds is 7. The molecule has 4 heteroatoms. The van der Waals surface area contributed by atoms with E-state index in [1.54, 1.807) is 0 Å². The summed E-state index contributed by atoms with van der Waals surface area (Å²) in [5.74, 6) is 0.638. The summed E-state index contributed by atoms with van der Waals surface area (Å²) < 4.78 is 11.5. The van der Waals surface area contributed by atoms with Crippen LogP contribution in [0.1, 0.15) is 51.9 Å². The highest BCUT2D eigenvalue weighted by molar-refractivity contribution is 4.73. The van der Waals surface area contributed by atoms with Gasteiger partial charge in [-0.1, -0.05) is 19.8 Å². The highest BCUT2D eigenvalue weighted by atomic mass is 16.5. The largest absolute Gasteiger partial charge is 0.389 e. The van der Waals surface area contributed by atoms with Gasteiger partial charge in [-0.2, -0.15) is 0 Å². The van der Waals surface area contributed by atoms with Gasteiger partial charge in [0.15, 0.2) is 0 Å². The minimum Gasteiger partial charge on any atom is -0.389 e. The van der Waals surface area contributed by atoms with E-state index in [0.717, 1.165) is 26.0 Å². The number of aliphatic hydroxyl groups is 1. The van der Waals surface area contributed by atoms with Gasteiger partial charge in [-0.3, -0.25) is 0 Å². The number of nitrogens with one attached hydrogen (secondary N) is 1. The molecule has 4 nitrogen and oxygen atoms in total. The van der Waals surface area contributed by atoms with E-state index in [2.05, 4.69) is 12.2 Å². The van der Waals surface area contributed by atoms with E-state index in [9.17, 15) is 5.11 Å². The topological polar surface area (TPSA) is 50.7 Å². The monoisotopic (exact) mass is 285 g/mol. The van der Waals surface area contributed by atoms with E-state index >= 15 is 0 Å². The van der Waals surface area contributed by atoms with Crippen LogP contribution in [0, 0.1) is 5.92 Å². The molecule has 2 N–H and O–H groups in total. The van der Waals surface area contributed by atoms with E-state index in [4.69, 9.17) is 9.47 Å². The van der Waals surface area contributed by atoms with Crippen molar-refractivity contribution in [2.45, 2.75) is 70.2 Å². The number of aliphatic hydroxyl groups excluding tert-OH is 1. The molecule has 118 valence electrons. The van der Waals surface area contributed by atoms with Crippen LogP contribution in [0.4, 0.5) is 0 Å². The zero-order valence-electron chi connectivity index (χ0n) is 12.9. The minimum atomic E-state index is -0.410. The Kier molecular flexibility index (Phi) is 7.28. The van der Waals surface area contributed by atoms with E-state index in [1.165, 1.54) is 32.1 Å². The van der Waals surface area contributed by atoms with Crippen LogP contribution in [0.3, 0.4) is 0 Å². The maximum atomic E-state index is 9.97. The molecular weight excluding hydrogens is 254 g/mol. The molecule has 1 saturated carbocycles. The molecule has 0 spiro atoms. The second kappa shape index (κ2) is 8.98. The zero-order chi connectivity index (χ0) is 14.2. The number of hydrogen-bond donors (Lipinski definition) is 2. The lowest BCUT2D eigenvalue weighted by molar-refractivity contribution is -0.0464. The summed E-state index contributed by atoms with van der Waals surface area (Å²) in [4.78, 5) is 0. The Morgan fingerprint density at radius 2 is 2.00 bits per heavy atom. The Morgan fingerprint density at radius 1 is 1.20 bits per heavy atom. The Balaban J connectivity index is 1.52. The first kappa shape index (κ1) is 16.2. The van der Waals surface area contributed by atoms with Crippen molar-refractivity contribution in [1.29, 1.82) is 0 Å². The van der Waals surface area contributed by atoms with E-state index in [-0.39, 0.29) is 0 Å². The first-order valence-electron chi connectivity index (χ1n) is 8.37. The van der Waals surface area contributed by atoms with E-state index in [1.807, 2.05) is 0 Å². The van der Waals surface area contributed by atoms with Gasteiger partial charge in [0.25, 0.3) is 0 Å². The van der Waals surface area contributed by atoms with Gasteiger partial charge in [0.2, 0.25) is 0 Å². The first-order chi connectivity index (χ1) is 9.75. The summed E-state index contributed by atoms with van der Waals surface area (Å²) >= 11 is 0. The summed E-state index contributed by atoms with van der Waals surface area (Å²) in [5, 5.41) is 13.3. The summed E-state index contributed by atoms with van der Waals surface area (Å²) in [7, 11) is 0. The van der Waals surface area contributed by atoms with Gasteiger partial charge in [-0.15, -0.1) is 0 Å². The van der Waals surface area contributed by atoms with Crippen molar-refractivity contribution in [3.05, 3.63) is 0 Å². The predicted octanol–water partition coefficient (Wildman–Crippen LogP) is 2.10. The van der Waals surface area contributed by atoms with E-state index < -0.39 is 6.10 Å². The average Bonchev–Trinajstić information content (AvgIpc) is 2.47. The number of ether oxygens (including phenoxy) is 2. The molecule has 4 atom stereocenters. The van der Waals surface area contributed by atoms with Gasteiger partial charge < -0.3 is 19.9 Å². The van der Waals surface area contributed by atoms with Crippen molar-refractivity contribution in [3.63, 3.8) is 0 Å². The molecule has 0 aromatic heterocycles. The summed E-state index contributed by atoms with van der Waals surface area (Å²) in [6, 6.07) is 0. The van der Waals surface area contributed by atoms with Crippen molar-refractivity contribution >= 4 is 0 Å². The third-order valence-corrected chi connectivity index (χ3v) is 4.56. The standard InChI is InChI=1S/C16H31NO3/c1-13-6-2-3-8-16(13)20-12-14(18)10-17-11-15-7-4-5-9-19-15/h13-18H,2-12H2,1H3. The normalized spacial score (nSPS) is 33.0. The molecule has 0 bridgehead atoms. The third kappa shape index (κ3) is 5.68. The molecule has 4 unspecified atom stereocenters. The fourth-order valence-electron chi connectivity index (χ4n) is 3.20. The Bertz CT molecular complexity index is 256. The number of hydrogen-bond acceptors (Lipinski definition) is 4. The molecule has 1 aliphatic heterocycles. The molecule has 1 saturated heterocycles. The summed E-state index contributed by atoms with van der Waals surface area (Å²) in [6.07, 6.45) is 8.86. The molecule has 2 aliphatic rings. The van der Waals surface area contributed by atoms with Gasteiger partial charge in [-0.25, -0.2) is 0 Å². The fourth-order valence-corrected chi connectivity index (χ4v) is 3.20. The van der Waals surface area contributed by atoms with Gasteiger partial charge >= 0.3 is 0 Å². The molecule has 20 heavy (non-hydrogen) atoms. The quantitative estimate of drug-likeness (QED) is 0.752. The highest BCUT2D eigenvalue weighted by Gasteiger charge is 2.22.